The Kier molecular flexibility index (Phi) is 2.77. The van der Waals surface area contributed by atoms with Gasteiger partial charge in [-0.25, -0.2) is 8.42 Å². The molecule has 0 heterocycles. The van der Waals surface area contributed by atoms with Gasteiger partial charge in [0.05, 0.1) is 4.90 Å². The summed E-state index contributed by atoms with van der Waals surface area (Å²) in [5.41, 5.74) is 0. The summed E-state index contributed by atoms with van der Waals surface area (Å²) >= 11 is 0. The molecule has 0 aliphatic carbocycles. The maximum Gasteiger partial charge on any atom is 0.281 e. The molecule has 0 atom stereocenters. The Bertz CT molecular complexity index is 405. The van der Waals surface area contributed by atoms with E-state index in [1.165, 1.54) is 24.3 Å². The third kappa shape index (κ3) is 2.62. The van der Waals surface area contributed by atoms with Gasteiger partial charge >= 0.3 is 0 Å². The molecule has 1 aromatic rings. The topological polar surface area (TPSA) is 34.1 Å². The normalized spacial score (nSPS) is 10.9. The second kappa shape index (κ2) is 3.66. The predicted molar refractivity (Wildman–Crippen MR) is 43.9 cm³/mol. The van der Waals surface area contributed by atoms with Crippen LogP contribution in [-0.2, 0) is 9.84 Å². The fourth-order valence-corrected chi connectivity index (χ4v) is 1.70. The highest BCUT2D eigenvalue weighted by Crippen LogP contribution is 2.13. The molecule has 0 amide bonds. The van der Waals surface area contributed by atoms with E-state index in [4.69, 9.17) is 0 Å². The van der Waals surface area contributed by atoms with Crippen molar-refractivity contribution in [1.29, 1.82) is 0 Å². The van der Waals surface area contributed by atoms with E-state index in [2.05, 4.69) is 0 Å². The highest BCUT2D eigenvalue weighted by atomic mass is 32.2. The molecule has 70 valence electrons. The molecule has 1 aromatic carbocycles. The quantitative estimate of drug-likeness (QED) is 0.740. The van der Waals surface area contributed by atoms with E-state index >= 15 is 0 Å². The summed E-state index contributed by atoms with van der Waals surface area (Å²) in [5, 5.41) is -0.0532. The fraction of sp³-hybridized carbons (Fsp3) is 0. The van der Waals surface area contributed by atoms with Crippen molar-refractivity contribution in [1.82, 2.24) is 0 Å². The van der Waals surface area contributed by atoms with Crippen LogP contribution in [0.2, 0.25) is 0 Å². The van der Waals surface area contributed by atoms with Crippen molar-refractivity contribution < 1.29 is 17.2 Å². The molecule has 0 aromatic heterocycles. The van der Waals surface area contributed by atoms with Crippen LogP contribution in [0.25, 0.3) is 0 Å². The molecule has 0 saturated carbocycles. The van der Waals surface area contributed by atoms with Crippen LogP contribution in [0, 0.1) is 0 Å². The summed E-state index contributed by atoms with van der Waals surface area (Å²) in [6.45, 7) is 0. The third-order valence-electron chi connectivity index (χ3n) is 1.32. The molecule has 1 rings (SSSR count). The van der Waals surface area contributed by atoms with E-state index in [1.807, 2.05) is 0 Å². The van der Waals surface area contributed by atoms with Gasteiger partial charge in [0, 0.05) is 0 Å². The number of benzene rings is 1. The largest absolute Gasteiger partial charge is 0.281 e. The minimum atomic E-state index is -3.97. The zero-order chi connectivity index (χ0) is 9.90. The summed E-state index contributed by atoms with van der Waals surface area (Å²) < 4.78 is 45.6. The number of hydrogen-bond acceptors (Lipinski definition) is 2. The molecule has 0 fully saturated rings. The predicted octanol–water partition coefficient (Wildman–Crippen LogP) is 2.20. The lowest BCUT2D eigenvalue weighted by atomic mass is 10.4. The molecule has 2 nitrogen and oxygen atoms in total. The van der Waals surface area contributed by atoms with Gasteiger partial charge in [0.15, 0.2) is 0 Å². The fourth-order valence-electron chi connectivity index (χ4n) is 0.795. The van der Waals surface area contributed by atoms with Gasteiger partial charge in [-0.2, -0.15) is 8.78 Å². The van der Waals surface area contributed by atoms with Gasteiger partial charge < -0.3 is 0 Å². The SMILES string of the molecule is O=S(=O)(C=C(F)F)c1ccccc1. The minimum absolute atomic E-state index is 0.0532. The molecular formula is C8H6F2O2S. The third-order valence-corrected chi connectivity index (χ3v) is 2.73. The van der Waals surface area contributed by atoms with Gasteiger partial charge in [0.2, 0.25) is 9.84 Å². The standard InChI is InChI=1S/C8H6F2O2S/c9-8(10)6-13(11,12)7-4-2-1-3-5-7/h1-6H. The lowest BCUT2D eigenvalue weighted by Crippen LogP contribution is -1.95. The van der Waals surface area contributed by atoms with Gasteiger partial charge in [-0.05, 0) is 12.1 Å². The van der Waals surface area contributed by atoms with Gasteiger partial charge in [-0.15, -0.1) is 0 Å². The van der Waals surface area contributed by atoms with E-state index in [0.717, 1.165) is 0 Å². The zero-order valence-corrected chi connectivity index (χ0v) is 7.26. The Hall–Kier alpha value is -1.23. The highest BCUT2D eigenvalue weighted by molar-refractivity contribution is 7.94. The first-order chi connectivity index (χ1) is 6.02. The van der Waals surface area contributed by atoms with Gasteiger partial charge in [0.25, 0.3) is 6.08 Å². The van der Waals surface area contributed by atoms with Gasteiger partial charge in [-0.3, -0.25) is 0 Å². The molecule has 0 unspecified atom stereocenters. The van der Waals surface area contributed by atoms with Gasteiger partial charge in [0.1, 0.15) is 5.41 Å². The first-order valence-corrected chi connectivity index (χ1v) is 4.90. The smallest absolute Gasteiger partial charge is 0.219 e. The summed E-state index contributed by atoms with van der Waals surface area (Å²) in [7, 11) is -3.97. The second-order valence-corrected chi connectivity index (χ2v) is 4.06. The number of rotatable bonds is 2. The van der Waals surface area contributed by atoms with Crippen molar-refractivity contribution in [3.8, 4) is 0 Å². The van der Waals surface area contributed by atoms with Crippen molar-refractivity contribution in [3.63, 3.8) is 0 Å². The maximum absolute atomic E-state index is 11.7. The highest BCUT2D eigenvalue weighted by Gasteiger charge is 2.11. The zero-order valence-electron chi connectivity index (χ0n) is 6.44. The Morgan fingerprint density at radius 2 is 1.69 bits per heavy atom. The van der Waals surface area contributed by atoms with Crippen LogP contribution in [0.1, 0.15) is 0 Å². The number of hydrogen-bond donors (Lipinski definition) is 0. The molecule has 0 saturated heterocycles. The maximum atomic E-state index is 11.7. The Morgan fingerprint density at radius 3 is 2.15 bits per heavy atom. The summed E-state index contributed by atoms with van der Waals surface area (Å²) in [6, 6.07) is 7.06. The lowest BCUT2D eigenvalue weighted by molar-refractivity contribution is 0.423. The van der Waals surface area contributed by atoms with Crippen LogP contribution >= 0.6 is 0 Å². The van der Waals surface area contributed by atoms with E-state index in [1.54, 1.807) is 6.07 Å². The van der Waals surface area contributed by atoms with Crippen LogP contribution < -0.4 is 0 Å². The minimum Gasteiger partial charge on any atom is -0.219 e. The van der Waals surface area contributed by atoms with Gasteiger partial charge in [-0.1, -0.05) is 18.2 Å². The van der Waals surface area contributed by atoms with E-state index < -0.39 is 15.9 Å². The van der Waals surface area contributed by atoms with Crippen molar-refractivity contribution in [2.45, 2.75) is 4.90 Å². The first-order valence-electron chi connectivity index (χ1n) is 3.35. The summed E-state index contributed by atoms with van der Waals surface area (Å²) in [4.78, 5) is -0.136. The monoisotopic (exact) mass is 204 g/mol. The second-order valence-electron chi connectivity index (χ2n) is 2.27. The number of halogens is 2. The van der Waals surface area contributed by atoms with Crippen LogP contribution in [0.5, 0.6) is 0 Å². The molecule has 0 bridgehead atoms. The van der Waals surface area contributed by atoms with Crippen LogP contribution in [0.15, 0.2) is 46.7 Å². The first kappa shape index (κ1) is 9.85. The summed E-state index contributed by atoms with van der Waals surface area (Å²) in [6.07, 6.45) is -2.22. The molecule has 0 N–H and O–H groups in total. The van der Waals surface area contributed by atoms with Crippen LogP contribution in [-0.4, -0.2) is 8.42 Å². The molecular weight excluding hydrogens is 198 g/mol. The lowest BCUT2D eigenvalue weighted by Gasteiger charge is -1.95. The Labute approximate surface area is 74.4 Å². The van der Waals surface area contributed by atoms with Crippen LogP contribution in [0.4, 0.5) is 8.78 Å². The van der Waals surface area contributed by atoms with E-state index in [-0.39, 0.29) is 10.3 Å². The van der Waals surface area contributed by atoms with E-state index in [0.29, 0.717) is 0 Å². The van der Waals surface area contributed by atoms with E-state index in [9.17, 15) is 17.2 Å². The molecule has 0 aliphatic rings. The van der Waals surface area contributed by atoms with Crippen molar-refractivity contribution in [2.24, 2.45) is 0 Å². The molecule has 5 heteroatoms. The summed E-state index contributed by atoms with van der Waals surface area (Å²) in [5.74, 6) is 0. The Morgan fingerprint density at radius 1 is 1.15 bits per heavy atom. The average molecular weight is 204 g/mol. The van der Waals surface area contributed by atoms with Crippen LogP contribution in [0.3, 0.4) is 0 Å². The molecule has 0 radical (unpaired) electrons. The number of sulfone groups is 1. The molecule has 13 heavy (non-hydrogen) atoms. The molecule has 0 spiro atoms. The Balaban J connectivity index is 3.18. The van der Waals surface area contributed by atoms with Crippen molar-refractivity contribution in [3.05, 3.63) is 41.8 Å². The molecule has 0 aliphatic heterocycles. The average Bonchev–Trinajstić information content (AvgIpc) is 2.04. The van der Waals surface area contributed by atoms with Crippen molar-refractivity contribution >= 4 is 9.84 Å². The van der Waals surface area contributed by atoms with Crippen molar-refractivity contribution in [2.75, 3.05) is 0 Å².